The predicted molar refractivity (Wildman–Crippen MR) is 109 cm³/mol. The lowest BCUT2D eigenvalue weighted by molar-refractivity contribution is -0.137. The number of benzene rings is 1. The smallest absolute Gasteiger partial charge is 0.319 e. The Morgan fingerprint density at radius 3 is 2.00 bits per heavy atom. The fraction of sp³-hybridized carbons (Fsp3) is 0.571. The van der Waals surface area contributed by atoms with Gasteiger partial charge in [-0.05, 0) is 37.5 Å². The van der Waals surface area contributed by atoms with E-state index in [2.05, 4.69) is 0 Å². The molecule has 0 radical (unpaired) electrons. The number of amides is 4. The largest absolute Gasteiger partial charge is 0.345 e. The third kappa shape index (κ3) is 5.24. The van der Waals surface area contributed by atoms with E-state index in [1.807, 2.05) is 24.0 Å². The molecule has 7 nitrogen and oxygen atoms in total. The van der Waals surface area contributed by atoms with Gasteiger partial charge in [-0.25, -0.2) is 4.79 Å². The van der Waals surface area contributed by atoms with E-state index < -0.39 is 0 Å². The Bertz CT molecular complexity index is 692. The first-order valence-electron chi connectivity index (χ1n) is 9.80. The van der Waals surface area contributed by atoms with Crippen molar-refractivity contribution in [2.75, 3.05) is 47.8 Å². The summed E-state index contributed by atoms with van der Waals surface area (Å²) in [6.45, 7) is 4.38. The molecule has 0 aliphatic carbocycles. The molecule has 0 saturated carbocycles. The van der Waals surface area contributed by atoms with E-state index in [0.717, 1.165) is 5.56 Å². The summed E-state index contributed by atoms with van der Waals surface area (Å²) in [4.78, 5) is 43.8. The van der Waals surface area contributed by atoms with Crippen LogP contribution in [0, 0.1) is 5.92 Å². The van der Waals surface area contributed by atoms with Crippen LogP contribution in [-0.2, 0) is 11.3 Å². The Morgan fingerprint density at radius 2 is 1.54 bits per heavy atom. The Hall–Kier alpha value is -2.57. The van der Waals surface area contributed by atoms with E-state index in [4.69, 9.17) is 0 Å². The lowest BCUT2D eigenvalue weighted by atomic mass is 9.95. The fourth-order valence-electron chi connectivity index (χ4n) is 3.44. The van der Waals surface area contributed by atoms with Crippen LogP contribution in [0.5, 0.6) is 0 Å². The lowest BCUT2D eigenvalue weighted by Gasteiger charge is -2.35. The van der Waals surface area contributed by atoms with Crippen molar-refractivity contribution >= 4 is 17.8 Å². The van der Waals surface area contributed by atoms with Gasteiger partial charge in [0.25, 0.3) is 5.91 Å². The highest BCUT2D eigenvalue weighted by molar-refractivity contribution is 5.93. The molecule has 1 fully saturated rings. The zero-order valence-electron chi connectivity index (χ0n) is 17.6. The lowest BCUT2D eigenvalue weighted by Crippen LogP contribution is -2.47. The summed E-state index contributed by atoms with van der Waals surface area (Å²) in [5.74, 6) is 0.0719. The van der Waals surface area contributed by atoms with E-state index in [1.54, 1.807) is 55.0 Å². The molecule has 0 spiro atoms. The first-order chi connectivity index (χ1) is 13.2. The molecule has 4 amide bonds. The third-order valence-corrected chi connectivity index (χ3v) is 5.17. The van der Waals surface area contributed by atoms with E-state index in [1.165, 1.54) is 0 Å². The molecule has 1 aliphatic rings. The number of urea groups is 1. The van der Waals surface area contributed by atoms with Gasteiger partial charge in [0.1, 0.15) is 0 Å². The van der Waals surface area contributed by atoms with Crippen LogP contribution in [0.2, 0.25) is 0 Å². The standard InChI is InChI=1S/C21H32N4O3/c1-6-24(15-16-7-9-17(10-8-16)19(26)22(2)3)20(27)18-11-13-25(14-12-18)21(28)23(4)5/h7-10,18H,6,11-15H2,1-5H3. The molecule has 2 rings (SSSR count). The van der Waals surface area contributed by atoms with Crippen LogP contribution in [-0.4, -0.2) is 85.3 Å². The summed E-state index contributed by atoms with van der Waals surface area (Å²) in [6, 6.07) is 7.43. The molecule has 0 N–H and O–H groups in total. The van der Waals surface area contributed by atoms with Gasteiger partial charge in [0.05, 0.1) is 0 Å². The highest BCUT2D eigenvalue weighted by Crippen LogP contribution is 2.21. The van der Waals surface area contributed by atoms with Crippen LogP contribution < -0.4 is 0 Å². The number of piperidine rings is 1. The second kappa shape index (κ2) is 9.57. The molecule has 1 saturated heterocycles. The minimum absolute atomic E-state index is 0.00519. The minimum atomic E-state index is -0.0410. The quantitative estimate of drug-likeness (QED) is 0.776. The molecule has 28 heavy (non-hydrogen) atoms. The van der Waals surface area contributed by atoms with Crippen LogP contribution in [0.1, 0.15) is 35.7 Å². The monoisotopic (exact) mass is 388 g/mol. The topological polar surface area (TPSA) is 64.2 Å². The molecule has 0 aromatic heterocycles. The van der Waals surface area contributed by atoms with E-state index >= 15 is 0 Å². The molecule has 1 aromatic rings. The van der Waals surface area contributed by atoms with Gasteiger partial charge >= 0.3 is 6.03 Å². The number of nitrogens with zero attached hydrogens (tertiary/aromatic N) is 4. The van der Waals surface area contributed by atoms with E-state index in [9.17, 15) is 14.4 Å². The maximum absolute atomic E-state index is 13.0. The van der Waals surface area contributed by atoms with E-state index in [-0.39, 0.29) is 23.8 Å². The molecule has 1 aliphatic heterocycles. The van der Waals surface area contributed by atoms with Crippen molar-refractivity contribution < 1.29 is 14.4 Å². The van der Waals surface area contributed by atoms with Crippen LogP contribution >= 0.6 is 0 Å². The second-order valence-corrected chi connectivity index (χ2v) is 7.69. The molecule has 0 atom stereocenters. The molecule has 7 heteroatoms. The Balaban J connectivity index is 1.95. The SMILES string of the molecule is CCN(Cc1ccc(C(=O)N(C)C)cc1)C(=O)C1CCN(C(=O)N(C)C)CC1. The summed E-state index contributed by atoms with van der Waals surface area (Å²) in [5, 5.41) is 0. The minimum Gasteiger partial charge on any atom is -0.345 e. The summed E-state index contributed by atoms with van der Waals surface area (Å²) >= 11 is 0. The maximum atomic E-state index is 13.0. The van der Waals surface area contributed by atoms with Gasteiger partial charge in [-0.3, -0.25) is 9.59 Å². The molecule has 1 heterocycles. The van der Waals surface area contributed by atoms with Gasteiger partial charge in [-0.15, -0.1) is 0 Å². The van der Waals surface area contributed by atoms with Gasteiger partial charge < -0.3 is 19.6 Å². The second-order valence-electron chi connectivity index (χ2n) is 7.69. The van der Waals surface area contributed by atoms with Crippen LogP contribution in [0.4, 0.5) is 4.79 Å². The fourth-order valence-corrected chi connectivity index (χ4v) is 3.44. The molecule has 0 unspecified atom stereocenters. The van der Waals surface area contributed by atoms with Gasteiger partial charge in [0.2, 0.25) is 5.91 Å². The Morgan fingerprint density at radius 1 is 0.964 bits per heavy atom. The Kier molecular flexibility index (Phi) is 7.43. The number of carbonyl (C=O) groups excluding carboxylic acids is 3. The summed E-state index contributed by atoms with van der Waals surface area (Å²) in [6.07, 6.45) is 1.40. The van der Waals surface area contributed by atoms with Crippen molar-refractivity contribution in [1.82, 2.24) is 19.6 Å². The average molecular weight is 389 g/mol. The number of hydrogen-bond acceptors (Lipinski definition) is 3. The van der Waals surface area contributed by atoms with Gasteiger partial charge in [0.15, 0.2) is 0 Å². The van der Waals surface area contributed by atoms with Crippen molar-refractivity contribution in [3.8, 4) is 0 Å². The Labute approximate surface area is 167 Å². The molecular weight excluding hydrogens is 356 g/mol. The van der Waals surface area contributed by atoms with Crippen molar-refractivity contribution in [3.63, 3.8) is 0 Å². The van der Waals surface area contributed by atoms with E-state index in [0.29, 0.717) is 44.6 Å². The number of hydrogen-bond donors (Lipinski definition) is 0. The van der Waals surface area contributed by atoms with Crippen molar-refractivity contribution in [3.05, 3.63) is 35.4 Å². The number of rotatable bonds is 5. The normalized spacial score (nSPS) is 14.5. The molecular formula is C21H32N4O3. The van der Waals surface area contributed by atoms with Crippen molar-refractivity contribution in [2.24, 2.45) is 5.92 Å². The van der Waals surface area contributed by atoms with Crippen LogP contribution in [0.15, 0.2) is 24.3 Å². The molecule has 0 bridgehead atoms. The summed E-state index contributed by atoms with van der Waals surface area (Å²) in [7, 11) is 6.95. The first-order valence-corrected chi connectivity index (χ1v) is 9.80. The van der Waals surface area contributed by atoms with Crippen molar-refractivity contribution in [1.29, 1.82) is 0 Å². The van der Waals surface area contributed by atoms with Crippen LogP contribution in [0.25, 0.3) is 0 Å². The van der Waals surface area contributed by atoms with Gasteiger partial charge in [-0.2, -0.15) is 0 Å². The number of likely N-dealkylation sites (tertiary alicyclic amines) is 1. The van der Waals surface area contributed by atoms with Crippen LogP contribution in [0.3, 0.4) is 0 Å². The summed E-state index contributed by atoms with van der Waals surface area (Å²) in [5.41, 5.74) is 1.65. The highest BCUT2D eigenvalue weighted by Gasteiger charge is 2.30. The molecule has 154 valence electrons. The van der Waals surface area contributed by atoms with Crippen molar-refractivity contribution in [2.45, 2.75) is 26.3 Å². The summed E-state index contributed by atoms with van der Waals surface area (Å²) < 4.78 is 0. The molecule has 1 aromatic carbocycles. The zero-order valence-corrected chi connectivity index (χ0v) is 17.6. The predicted octanol–water partition coefficient (Wildman–Crippen LogP) is 2.13. The van der Waals surface area contributed by atoms with Gasteiger partial charge in [-0.1, -0.05) is 12.1 Å². The van der Waals surface area contributed by atoms with Gasteiger partial charge in [0, 0.05) is 65.9 Å². The third-order valence-electron chi connectivity index (χ3n) is 5.17. The first kappa shape index (κ1) is 21.7. The maximum Gasteiger partial charge on any atom is 0.319 e. The average Bonchev–Trinajstić information content (AvgIpc) is 2.70. The zero-order chi connectivity index (χ0) is 20.8. The highest BCUT2D eigenvalue weighted by atomic mass is 16.2. The number of carbonyl (C=O) groups is 3.